The molecule has 0 spiro atoms. The zero-order valence-corrected chi connectivity index (χ0v) is 12.3. The van der Waals surface area contributed by atoms with Crippen molar-refractivity contribution >= 4 is 11.0 Å². The van der Waals surface area contributed by atoms with E-state index in [4.69, 9.17) is 5.73 Å². The number of hydrogen-bond acceptors (Lipinski definition) is 3. The summed E-state index contributed by atoms with van der Waals surface area (Å²) in [5.41, 5.74) is 9.38. The molecule has 0 bridgehead atoms. The van der Waals surface area contributed by atoms with Crippen LogP contribution < -0.4 is 5.73 Å². The van der Waals surface area contributed by atoms with E-state index in [0.29, 0.717) is 0 Å². The number of likely N-dealkylation sites (N-methyl/N-ethyl adjacent to an activating group) is 1. The summed E-state index contributed by atoms with van der Waals surface area (Å²) >= 11 is 0. The summed E-state index contributed by atoms with van der Waals surface area (Å²) < 4.78 is 0. The minimum absolute atomic E-state index is 0.140. The molecule has 0 aliphatic heterocycles. The van der Waals surface area contributed by atoms with Gasteiger partial charge in [-0.25, -0.2) is 4.98 Å². The number of aromatic nitrogens is 2. The first-order valence-corrected chi connectivity index (χ1v) is 6.76. The molecule has 0 atom stereocenters. The number of aromatic amines is 1. The third-order valence-corrected chi connectivity index (χ3v) is 3.12. The molecule has 3 N–H and O–H groups in total. The van der Waals surface area contributed by atoms with Crippen LogP contribution in [0.1, 0.15) is 25.2 Å². The number of nitrogens with two attached hydrogens (primary N) is 1. The molecule has 0 saturated heterocycles. The number of nitrogens with zero attached hydrogens (tertiary/aromatic N) is 2. The quantitative estimate of drug-likeness (QED) is 0.865. The van der Waals surface area contributed by atoms with Gasteiger partial charge < -0.3 is 15.6 Å². The second-order valence-corrected chi connectivity index (χ2v) is 6.15. The van der Waals surface area contributed by atoms with Gasteiger partial charge in [0.25, 0.3) is 0 Å². The van der Waals surface area contributed by atoms with E-state index in [-0.39, 0.29) is 5.54 Å². The van der Waals surface area contributed by atoms with Crippen LogP contribution in [0.5, 0.6) is 0 Å². The molecule has 1 aromatic heterocycles. The summed E-state index contributed by atoms with van der Waals surface area (Å²) in [7, 11) is 2.12. The van der Waals surface area contributed by atoms with Crippen molar-refractivity contribution in [1.29, 1.82) is 0 Å². The average Bonchev–Trinajstić information content (AvgIpc) is 2.63. The van der Waals surface area contributed by atoms with Gasteiger partial charge in [0.1, 0.15) is 5.82 Å². The van der Waals surface area contributed by atoms with Gasteiger partial charge in [-0.15, -0.1) is 0 Å². The zero-order valence-electron chi connectivity index (χ0n) is 12.3. The van der Waals surface area contributed by atoms with E-state index in [2.05, 4.69) is 54.0 Å². The third kappa shape index (κ3) is 4.04. The predicted octanol–water partition coefficient (Wildman–Crippen LogP) is 2.08. The van der Waals surface area contributed by atoms with Crippen molar-refractivity contribution in [3.05, 3.63) is 29.6 Å². The highest BCUT2D eigenvalue weighted by molar-refractivity contribution is 5.75. The maximum absolute atomic E-state index is 6.03. The average molecular weight is 260 g/mol. The Kier molecular flexibility index (Phi) is 3.92. The Morgan fingerprint density at radius 1 is 1.37 bits per heavy atom. The highest BCUT2D eigenvalue weighted by Crippen LogP contribution is 2.14. The Morgan fingerprint density at radius 2 is 2.11 bits per heavy atom. The number of hydrogen-bond donors (Lipinski definition) is 2. The molecule has 0 amide bonds. The molecule has 0 radical (unpaired) electrons. The highest BCUT2D eigenvalue weighted by atomic mass is 15.1. The molecule has 104 valence electrons. The second-order valence-electron chi connectivity index (χ2n) is 6.15. The van der Waals surface area contributed by atoms with Gasteiger partial charge in [0.05, 0.1) is 11.0 Å². The van der Waals surface area contributed by atoms with E-state index in [9.17, 15) is 0 Å². The van der Waals surface area contributed by atoms with E-state index in [1.54, 1.807) is 0 Å². The van der Waals surface area contributed by atoms with Crippen LogP contribution in [0.4, 0.5) is 0 Å². The first-order valence-electron chi connectivity index (χ1n) is 6.76. The van der Waals surface area contributed by atoms with Gasteiger partial charge in [-0.2, -0.15) is 0 Å². The van der Waals surface area contributed by atoms with Crippen LogP contribution in [-0.4, -0.2) is 40.5 Å². The summed E-state index contributed by atoms with van der Waals surface area (Å²) in [6.07, 6.45) is 1.03. The van der Waals surface area contributed by atoms with Crippen molar-refractivity contribution in [2.75, 3.05) is 20.1 Å². The van der Waals surface area contributed by atoms with E-state index in [0.717, 1.165) is 36.4 Å². The fraction of sp³-hybridized carbons (Fsp3) is 0.533. The van der Waals surface area contributed by atoms with Gasteiger partial charge in [-0.3, -0.25) is 0 Å². The lowest BCUT2D eigenvalue weighted by atomic mass is 10.1. The maximum Gasteiger partial charge on any atom is 0.104 e. The summed E-state index contributed by atoms with van der Waals surface area (Å²) in [5, 5.41) is 0. The molecular formula is C15H24N4. The van der Waals surface area contributed by atoms with Crippen molar-refractivity contribution in [1.82, 2.24) is 14.9 Å². The molecule has 0 aliphatic carbocycles. The molecular weight excluding hydrogens is 236 g/mol. The number of aryl methyl sites for hydroxylation is 1. The molecule has 0 aliphatic rings. The fourth-order valence-electron chi connectivity index (χ4n) is 2.43. The Hall–Kier alpha value is -1.39. The number of nitrogens with one attached hydrogen (secondary N) is 1. The Bertz CT molecular complexity index is 551. The van der Waals surface area contributed by atoms with Gasteiger partial charge in [-0.05, 0) is 51.9 Å². The molecule has 0 saturated carbocycles. The standard InChI is InChI=1S/C15H24N4/c1-11-17-13-6-5-12(9-14(13)18-11)7-8-19(4)10-15(2,3)16/h5-6,9H,7-8,10,16H2,1-4H3,(H,17,18). The van der Waals surface area contributed by atoms with Crippen LogP contribution in [0.15, 0.2) is 18.2 Å². The Balaban J connectivity index is 1.97. The molecule has 4 heteroatoms. The molecule has 2 rings (SSSR count). The Morgan fingerprint density at radius 3 is 2.79 bits per heavy atom. The number of fused-ring (bicyclic) bond motifs is 1. The minimum Gasteiger partial charge on any atom is -0.342 e. The lowest BCUT2D eigenvalue weighted by molar-refractivity contribution is 0.273. The van der Waals surface area contributed by atoms with E-state index in [1.807, 2.05) is 6.92 Å². The number of imidazole rings is 1. The first kappa shape index (κ1) is 14.0. The predicted molar refractivity (Wildman–Crippen MR) is 80.3 cm³/mol. The number of H-pyrrole nitrogens is 1. The van der Waals surface area contributed by atoms with E-state index in [1.165, 1.54) is 5.56 Å². The summed E-state index contributed by atoms with van der Waals surface area (Å²) in [6.45, 7) is 8.01. The van der Waals surface area contributed by atoms with Crippen LogP contribution in [0, 0.1) is 6.92 Å². The normalized spacial score (nSPS) is 12.5. The monoisotopic (exact) mass is 260 g/mol. The van der Waals surface area contributed by atoms with Gasteiger partial charge in [0, 0.05) is 18.6 Å². The minimum atomic E-state index is -0.140. The number of benzene rings is 1. The molecule has 19 heavy (non-hydrogen) atoms. The number of rotatable bonds is 5. The Labute approximate surface area is 115 Å². The molecule has 1 heterocycles. The van der Waals surface area contributed by atoms with Crippen LogP contribution in [-0.2, 0) is 6.42 Å². The molecule has 2 aromatic rings. The molecule has 0 unspecified atom stereocenters. The van der Waals surface area contributed by atoms with Crippen molar-refractivity contribution in [3.8, 4) is 0 Å². The van der Waals surface area contributed by atoms with Gasteiger partial charge in [-0.1, -0.05) is 6.07 Å². The van der Waals surface area contributed by atoms with Gasteiger partial charge in [0.2, 0.25) is 0 Å². The SMILES string of the molecule is Cc1nc2ccc(CCN(C)CC(C)(C)N)cc2[nH]1. The fourth-order valence-corrected chi connectivity index (χ4v) is 2.43. The summed E-state index contributed by atoms with van der Waals surface area (Å²) in [4.78, 5) is 9.98. The summed E-state index contributed by atoms with van der Waals surface area (Å²) in [5.74, 6) is 0.967. The van der Waals surface area contributed by atoms with Crippen molar-refractivity contribution in [2.24, 2.45) is 5.73 Å². The largest absolute Gasteiger partial charge is 0.342 e. The summed E-state index contributed by atoms with van der Waals surface area (Å²) in [6, 6.07) is 6.43. The second kappa shape index (κ2) is 5.31. The van der Waals surface area contributed by atoms with Crippen molar-refractivity contribution < 1.29 is 0 Å². The van der Waals surface area contributed by atoms with Gasteiger partial charge >= 0.3 is 0 Å². The van der Waals surface area contributed by atoms with Crippen LogP contribution >= 0.6 is 0 Å². The van der Waals surface area contributed by atoms with Crippen molar-refractivity contribution in [3.63, 3.8) is 0 Å². The van der Waals surface area contributed by atoms with Gasteiger partial charge in [0.15, 0.2) is 0 Å². The van der Waals surface area contributed by atoms with Crippen molar-refractivity contribution in [2.45, 2.75) is 32.7 Å². The first-order chi connectivity index (χ1) is 8.83. The van der Waals surface area contributed by atoms with Crippen LogP contribution in [0.25, 0.3) is 11.0 Å². The molecule has 4 nitrogen and oxygen atoms in total. The van der Waals surface area contributed by atoms with Crippen LogP contribution in [0.3, 0.4) is 0 Å². The zero-order chi connectivity index (χ0) is 14.0. The molecule has 1 aromatic carbocycles. The lowest BCUT2D eigenvalue weighted by Crippen LogP contribution is -2.44. The maximum atomic E-state index is 6.03. The smallest absolute Gasteiger partial charge is 0.104 e. The lowest BCUT2D eigenvalue weighted by Gasteiger charge is -2.26. The van der Waals surface area contributed by atoms with Crippen LogP contribution in [0.2, 0.25) is 0 Å². The highest BCUT2D eigenvalue weighted by Gasteiger charge is 2.13. The topological polar surface area (TPSA) is 57.9 Å². The molecule has 0 fully saturated rings. The third-order valence-electron chi connectivity index (χ3n) is 3.12. The van der Waals surface area contributed by atoms with E-state index < -0.39 is 0 Å². The van der Waals surface area contributed by atoms with E-state index >= 15 is 0 Å².